The van der Waals surface area contributed by atoms with Gasteiger partial charge in [0.25, 0.3) is 5.91 Å². The highest BCUT2D eigenvalue weighted by molar-refractivity contribution is 5.96. The minimum atomic E-state index is -0.524. The van der Waals surface area contributed by atoms with Gasteiger partial charge in [0.1, 0.15) is 5.69 Å². The van der Waals surface area contributed by atoms with Crippen LogP contribution in [0.5, 0.6) is 0 Å². The molecule has 7 nitrogen and oxygen atoms in total. The fourth-order valence-electron chi connectivity index (χ4n) is 2.50. The summed E-state index contributed by atoms with van der Waals surface area (Å²) in [6.45, 7) is 4.22. The van der Waals surface area contributed by atoms with Gasteiger partial charge in [-0.2, -0.15) is 5.10 Å². The SMILES string of the molecule is Cc1c([N+](=O)[O-])c(C(=O)N2CCCC[C@H]2C)nn1C. The number of aromatic nitrogens is 2. The number of hydrogen-bond acceptors (Lipinski definition) is 4. The first kappa shape index (κ1) is 13.5. The van der Waals surface area contributed by atoms with Gasteiger partial charge in [0.2, 0.25) is 5.69 Å². The number of carbonyl (C=O) groups is 1. The molecule has 1 saturated heterocycles. The molecule has 0 aromatic carbocycles. The molecule has 2 heterocycles. The van der Waals surface area contributed by atoms with Crippen LogP contribution in [0.1, 0.15) is 42.4 Å². The summed E-state index contributed by atoms with van der Waals surface area (Å²) in [5.74, 6) is -0.331. The molecule has 0 saturated carbocycles. The van der Waals surface area contributed by atoms with E-state index in [1.54, 1.807) is 18.9 Å². The first-order valence-corrected chi connectivity index (χ1v) is 6.42. The van der Waals surface area contributed by atoms with Crippen LogP contribution in [-0.4, -0.2) is 38.1 Å². The largest absolute Gasteiger partial charge is 0.334 e. The van der Waals surface area contributed by atoms with Crippen LogP contribution < -0.4 is 0 Å². The van der Waals surface area contributed by atoms with E-state index in [0.717, 1.165) is 19.3 Å². The van der Waals surface area contributed by atoms with Crippen LogP contribution in [0.15, 0.2) is 0 Å². The number of rotatable bonds is 2. The third kappa shape index (κ3) is 2.32. The molecule has 0 bridgehead atoms. The summed E-state index contributed by atoms with van der Waals surface area (Å²) in [6.07, 6.45) is 2.97. The van der Waals surface area contributed by atoms with Crippen molar-refractivity contribution in [2.24, 2.45) is 7.05 Å². The maximum atomic E-state index is 12.4. The number of nitrogens with zero attached hydrogens (tertiary/aromatic N) is 4. The second-order valence-corrected chi connectivity index (χ2v) is 5.01. The van der Waals surface area contributed by atoms with Crippen molar-refractivity contribution in [1.29, 1.82) is 0 Å². The van der Waals surface area contributed by atoms with Gasteiger partial charge in [0, 0.05) is 19.6 Å². The zero-order chi connectivity index (χ0) is 14.2. The maximum absolute atomic E-state index is 12.4. The second-order valence-electron chi connectivity index (χ2n) is 5.01. The molecule has 1 fully saturated rings. The zero-order valence-electron chi connectivity index (χ0n) is 11.4. The fraction of sp³-hybridized carbons (Fsp3) is 0.667. The topological polar surface area (TPSA) is 81.3 Å². The molecule has 19 heavy (non-hydrogen) atoms. The van der Waals surface area contributed by atoms with Crippen molar-refractivity contribution in [3.05, 3.63) is 21.5 Å². The summed E-state index contributed by atoms with van der Waals surface area (Å²) < 4.78 is 1.39. The van der Waals surface area contributed by atoms with E-state index in [1.807, 2.05) is 6.92 Å². The molecule has 2 rings (SSSR count). The molecule has 1 aromatic heterocycles. The lowest BCUT2D eigenvalue weighted by atomic mass is 10.0. The van der Waals surface area contributed by atoms with Crippen LogP contribution in [0.2, 0.25) is 0 Å². The summed E-state index contributed by atoms with van der Waals surface area (Å²) in [5.41, 5.74) is 0.182. The van der Waals surface area contributed by atoms with E-state index in [2.05, 4.69) is 5.10 Å². The number of aryl methyl sites for hydroxylation is 1. The Morgan fingerprint density at radius 3 is 2.74 bits per heavy atom. The Balaban J connectivity index is 2.38. The minimum absolute atomic E-state index is 0.0428. The van der Waals surface area contributed by atoms with Gasteiger partial charge >= 0.3 is 5.69 Å². The summed E-state index contributed by atoms with van der Waals surface area (Å²) in [5, 5.41) is 15.1. The third-order valence-corrected chi connectivity index (χ3v) is 3.75. The van der Waals surface area contributed by atoms with E-state index in [9.17, 15) is 14.9 Å². The fourth-order valence-corrected chi connectivity index (χ4v) is 2.50. The van der Waals surface area contributed by atoms with Gasteiger partial charge < -0.3 is 4.90 Å². The molecule has 1 amide bonds. The Bertz CT molecular complexity index is 523. The number of nitro groups is 1. The van der Waals surface area contributed by atoms with E-state index in [1.165, 1.54) is 4.68 Å². The minimum Gasteiger partial charge on any atom is -0.334 e. The van der Waals surface area contributed by atoms with E-state index in [4.69, 9.17) is 0 Å². The second kappa shape index (κ2) is 4.99. The normalized spacial score (nSPS) is 19.5. The maximum Gasteiger partial charge on any atom is 0.322 e. The van der Waals surface area contributed by atoms with Crippen molar-refractivity contribution in [3.63, 3.8) is 0 Å². The average Bonchev–Trinajstić information content (AvgIpc) is 2.66. The van der Waals surface area contributed by atoms with Crippen molar-refractivity contribution in [1.82, 2.24) is 14.7 Å². The summed E-state index contributed by atoms with van der Waals surface area (Å²) >= 11 is 0. The molecule has 0 spiro atoms. The summed E-state index contributed by atoms with van der Waals surface area (Å²) in [4.78, 5) is 24.7. The lowest BCUT2D eigenvalue weighted by Crippen LogP contribution is -2.42. The highest BCUT2D eigenvalue weighted by Gasteiger charge is 2.34. The monoisotopic (exact) mass is 266 g/mol. The third-order valence-electron chi connectivity index (χ3n) is 3.75. The molecule has 1 aromatic rings. The van der Waals surface area contributed by atoms with Crippen LogP contribution >= 0.6 is 0 Å². The van der Waals surface area contributed by atoms with Gasteiger partial charge in [0.15, 0.2) is 0 Å². The van der Waals surface area contributed by atoms with Gasteiger partial charge in [-0.15, -0.1) is 0 Å². The lowest BCUT2D eigenvalue weighted by molar-refractivity contribution is -0.385. The van der Waals surface area contributed by atoms with Crippen LogP contribution in [0.4, 0.5) is 5.69 Å². The van der Waals surface area contributed by atoms with Gasteiger partial charge in [-0.25, -0.2) is 0 Å². The zero-order valence-corrected chi connectivity index (χ0v) is 11.4. The van der Waals surface area contributed by atoms with Crippen LogP contribution in [0.25, 0.3) is 0 Å². The quantitative estimate of drug-likeness (QED) is 0.602. The van der Waals surface area contributed by atoms with Gasteiger partial charge in [0.05, 0.1) is 4.92 Å². The first-order valence-electron chi connectivity index (χ1n) is 6.42. The number of amides is 1. The standard InChI is InChI=1S/C12H18N4O3/c1-8-6-4-5-7-15(8)12(17)10-11(16(18)19)9(2)14(3)13-10/h8H,4-7H2,1-3H3/t8-/m1/s1. The summed E-state index contributed by atoms with van der Waals surface area (Å²) in [7, 11) is 1.61. The molecule has 1 aliphatic heterocycles. The molecule has 7 heteroatoms. The molecule has 104 valence electrons. The Morgan fingerprint density at radius 2 is 2.16 bits per heavy atom. The Kier molecular flexibility index (Phi) is 3.55. The first-order chi connectivity index (χ1) is 8.93. The lowest BCUT2D eigenvalue weighted by Gasteiger charge is -2.32. The van der Waals surface area contributed by atoms with Gasteiger partial charge in [-0.3, -0.25) is 19.6 Å². The van der Waals surface area contributed by atoms with Gasteiger partial charge in [-0.1, -0.05) is 0 Å². The molecule has 0 N–H and O–H groups in total. The highest BCUT2D eigenvalue weighted by Crippen LogP contribution is 2.26. The van der Waals surface area contributed by atoms with Crippen LogP contribution in [-0.2, 0) is 7.05 Å². The molecule has 1 aliphatic rings. The predicted molar refractivity (Wildman–Crippen MR) is 68.9 cm³/mol. The number of carbonyl (C=O) groups excluding carboxylic acids is 1. The van der Waals surface area contributed by atoms with Crippen molar-refractivity contribution >= 4 is 11.6 Å². The van der Waals surface area contributed by atoms with E-state index < -0.39 is 4.92 Å². The van der Waals surface area contributed by atoms with Crippen LogP contribution in [0, 0.1) is 17.0 Å². The number of piperidine rings is 1. The summed E-state index contributed by atoms with van der Waals surface area (Å²) in [6, 6.07) is 0.114. The van der Waals surface area contributed by atoms with Crippen molar-refractivity contribution in [3.8, 4) is 0 Å². The molecule has 1 atom stereocenters. The predicted octanol–water partition coefficient (Wildman–Crippen LogP) is 1.65. The Hall–Kier alpha value is -1.92. The van der Waals surface area contributed by atoms with Crippen molar-refractivity contribution in [2.45, 2.75) is 39.2 Å². The van der Waals surface area contributed by atoms with E-state index in [-0.39, 0.29) is 23.3 Å². The van der Waals surface area contributed by atoms with Crippen molar-refractivity contribution < 1.29 is 9.72 Å². The van der Waals surface area contributed by atoms with E-state index in [0.29, 0.717) is 12.2 Å². The highest BCUT2D eigenvalue weighted by atomic mass is 16.6. The molecule has 0 aliphatic carbocycles. The van der Waals surface area contributed by atoms with Crippen molar-refractivity contribution in [2.75, 3.05) is 6.54 Å². The Labute approximate surface area is 111 Å². The van der Waals surface area contributed by atoms with Gasteiger partial charge in [-0.05, 0) is 33.1 Å². The smallest absolute Gasteiger partial charge is 0.322 e. The molecule has 0 radical (unpaired) electrons. The van der Waals surface area contributed by atoms with E-state index >= 15 is 0 Å². The van der Waals surface area contributed by atoms with Crippen LogP contribution in [0.3, 0.4) is 0 Å². The Morgan fingerprint density at radius 1 is 1.47 bits per heavy atom. The molecular formula is C12H18N4O3. The average molecular weight is 266 g/mol. The molecular weight excluding hydrogens is 248 g/mol. The number of hydrogen-bond donors (Lipinski definition) is 0. The number of likely N-dealkylation sites (tertiary alicyclic amines) is 1. The molecule has 0 unspecified atom stereocenters.